The number of aromatic nitrogens is 2. The minimum absolute atomic E-state index is 0.454. The van der Waals surface area contributed by atoms with E-state index >= 15 is 0 Å². The Kier molecular flexibility index (Phi) is 8.61. The van der Waals surface area contributed by atoms with Crippen LogP contribution in [0.5, 0.6) is 5.88 Å². The van der Waals surface area contributed by atoms with Gasteiger partial charge in [0, 0.05) is 30.8 Å². The van der Waals surface area contributed by atoms with Crippen molar-refractivity contribution >= 4 is 5.96 Å². The van der Waals surface area contributed by atoms with Crippen molar-refractivity contribution in [3.8, 4) is 5.88 Å². The molecule has 0 amide bonds. The molecular formula is C20H31N5O2. The molecule has 7 nitrogen and oxygen atoms in total. The maximum atomic E-state index is 5.46. The van der Waals surface area contributed by atoms with Gasteiger partial charge in [-0.05, 0) is 38.3 Å². The van der Waals surface area contributed by atoms with Crippen LogP contribution in [0.25, 0.3) is 0 Å². The predicted octanol–water partition coefficient (Wildman–Crippen LogP) is 3.63. The van der Waals surface area contributed by atoms with Gasteiger partial charge in [-0.25, -0.2) is 9.98 Å². The average molecular weight is 374 g/mol. The monoisotopic (exact) mass is 373 g/mol. The van der Waals surface area contributed by atoms with Gasteiger partial charge in [0.1, 0.15) is 0 Å². The molecular weight excluding hydrogens is 342 g/mol. The van der Waals surface area contributed by atoms with Crippen LogP contribution in [-0.4, -0.2) is 29.3 Å². The van der Waals surface area contributed by atoms with Gasteiger partial charge in [-0.3, -0.25) is 0 Å². The van der Waals surface area contributed by atoms with Crippen LogP contribution >= 0.6 is 0 Å². The van der Waals surface area contributed by atoms with Gasteiger partial charge in [0.25, 0.3) is 0 Å². The maximum absolute atomic E-state index is 5.46. The largest absolute Gasteiger partial charge is 0.478 e. The summed E-state index contributed by atoms with van der Waals surface area (Å²) in [7, 11) is 0. The summed E-state index contributed by atoms with van der Waals surface area (Å²) in [5.41, 5.74) is 2.07. The van der Waals surface area contributed by atoms with Crippen molar-refractivity contribution in [2.24, 2.45) is 4.99 Å². The van der Waals surface area contributed by atoms with Crippen LogP contribution in [0.3, 0.4) is 0 Å². The summed E-state index contributed by atoms with van der Waals surface area (Å²) in [5.74, 6) is 2.62. The van der Waals surface area contributed by atoms with E-state index < -0.39 is 0 Å². The minimum atomic E-state index is 0.454. The SMILES string of the molecule is CCNC(=NCc1ccnc(OCC)c1)NCc1cc(C(CC)CC)no1. The minimum Gasteiger partial charge on any atom is -0.478 e. The molecule has 0 atom stereocenters. The van der Waals surface area contributed by atoms with Gasteiger partial charge in [-0.15, -0.1) is 0 Å². The van der Waals surface area contributed by atoms with E-state index in [2.05, 4.69) is 39.6 Å². The molecule has 0 fully saturated rings. The molecule has 148 valence electrons. The Labute approximate surface area is 161 Å². The summed E-state index contributed by atoms with van der Waals surface area (Å²) in [6.45, 7) is 10.8. The molecule has 0 aliphatic rings. The molecule has 2 aromatic rings. The number of guanidine groups is 1. The molecule has 0 aromatic carbocycles. The van der Waals surface area contributed by atoms with Crippen LogP contribution in [-0.2, 0) is 13.1 Å². The number of ether oxygens (including phenoxy) is 1. The van der Waals surface area contributed by atoms with Gasteiger partial charge in [0.15, 0.2) is 11.7 Å². The van der Waals surface area contributed by atoms with Gasteiger partial charge in [0.05, 0.1) is 25.4 Å². The summed E-state index contributed by atoms with van der Waals surface area (Å²) in [6, 6.07) is 5.88. The lowest BCUT2D eigenvalue weighted by atomic mass is 9.99. The first-order chi connectivity index (χ1) is 13.2. The molecule has 0 aliphatic carbocycles. The number of nitrogens with one attached hydrogen (secondary N) is 2. The van der Waals surface area contributed by atoms with Crippen molar-refractivity contribution in [3.05, 3.63) is 41.4 Å². The third-order valence-electron chi connectivity index (χ3n) is 4.27. The molecule has 2 aromatic heterocycles. The summed E-state index contributed by atoms with van der Waals surface area (Å²) in [5, 5.41) is 10.7. The Morgan fingerprint density at radius 1 is 1.19 bits per heavy atom. The van der Waals surface area contributed by atoms with Crippen LogP contribution in [0.4, 0.5) is 0 Å². The highest BCUT2D eigenvalue weighted by Gasteiger charge is 2.13. The second-order valence-electron chi connectivity index (χ2n) is 6.22. The molecule has 0 bridgehead atoms. The van der Waals surface area contributed by atoms with E-state index in [4.69, 9.17) is 9.26 Å². The summed E-state index contributed by atoms with van der Waals surface area (Å²) in [6.07, 6.45) is 3.87. The first-order valence-electron chi connectivity index (χ1n) is 9.75. The van der Waals surface area contributed by atoms with Crippen molar-refractivity contribution < 1.29 is 9.26 Å². The molecule has 0 saturated carbocycles. The van der Waals surface area contributed by atoms with E-state index in [0.717, 1.165) is 42.4 Å². The van der Waals surface area contributed by atoms with Gasteiger partial charge < -0.3 is 19.9 Å². The van der Waals surface area contributed by atoms with Crippen molar-refractivity contribution in [2.75, 3.05) is 13.2 Å². The van der Waals surface area contributed by atoms with Crippen molar-refractivity contribution in [3.63, 3.8) is 0 Å². The quantitative estimate of drug-likeness (QED) is 0.489. The number of aliphatic imine (C=N–C) groups is 1. The lowest BCUT2D eigenvalue weighted by molar-refractivity contribution is 0.326. The Morgan fingerprint density at radius 3 is 2.70 bits per heavy atom. The normalized spacial score (nSPS) is 11.7. The van der Waals surface area contributed by atoms with Gasteiger partial charge in [-0.1, -0.05) is 19.0 Å². The second kappa shape index (κ2) is 11.2. The lowest BCUT2D eigenvalue weighted by Crippen LogP contribution is -2.36. The molecule has 0 saturated heterocycles. The van der Waals surface area contributed by atoms with Gasteiger partial charge >= 0.3 is 0 Å². The predicted molar refractivity (Wildman–Crippen MR) is 107 cm³/mol. The van der Waals surface area contributed by atoms with Crippen molar-refractivity contribution in [1.29, 1.82) is 0 Å². The zero-order valence-corrected chi connectivity index (χ0v) is 16.8. The second-order valence-corrected chi connectivity index (χ2v) is 6.22. The molecule has 0 radical (unpaired) electrons. The fourth-order valence-electron chi connectivity index (χ4n) is 2.77. The van der Waals surface area contributed by atoms with Gasteiger partial charge in [0.2, 0.25) is 5.88 Å². The average Bonchev–Trinajstić information content (AvgIpc) is 3.14. The molecule has 2 heterocycles. The van der Waals surface area contributed by atoms with Crippen LogP contribution in [0.2, 0.25) is 0 Å². The topological polar surface area (TPSA) is 84.6 Å². The molecule has 27 heavy (non-hydrogen) atoms. The molecule has 7 heteroatoms. The Hall–Kier alpha value is -2.57. The highest BCUT2D eigenvalue weighted by molar-refractivity contribution is 5.79. The Morgan fingerprint density at radius 2 is 2.00 bits per heavy atom. The third kappa shape index (κ3) is 6.58. The van der Waals surface area contributed by atoms with E-state index in [1.54, 1.807) is 6.20 Å². The first kappa shape index (κ1) is 20.7. The van der Waals surface area contributed by atoms with Crippen LogP contribution in [0, 0.1) is 0 Å². The first-order valence-corrected chi connectivity index (χ1v) is 9.75. The van der Waals surface area contributed by atoms with Crippen LogP contribution < -0.4 is 15.4 Å². The van der Waals surface area contributed by atoms with E-state index in [1.807, 2.05) is 32.0 Å². The van der Waals surface area contributed by atoms with E-state index in [-0.39, 0.29) is 0 Å². The standard InChI is InChI=1S/C20H31N5O2/c1-5-16(6-2)18-12-17(27-25-18)14-24-20(21-7-3)23-13-15-9-10-22-19(11-15)26-8-4/h9-12,16H,5-8,13-14H2,1-4H3,(H2,21,23,24). The smallest absolute Gasteiger partial charge is 0.213 e. The molecule has 2 N–H and O–H groups in total. The maximum Gasteiger partial charge on any atom is 0.213 e. The van der Waals surface area contributed by atoms with E-state index in [0.29, 0.717) is 31.5 Å². The number of pyridine rings is 1. The van der Waals surface area contributed by atoms with Crippen molar-refractivity contribution in [1.82, 2.24) is 20.8 Å². The van der Waals surface area contributed by atoms with Crippen LogP contribution in [0.15, 0.2) is 33.9 Å². The third-order valence-corrected chi connectivity index (χ3v) is 4.27. The summed E-state index contributed by atoms with van der Waals surface area (Å²) >= 11 is 0. The highest BCUT2D eigenvalue weighted by Crippen LogP contribution is 2.22. The molecule has 0 aliphatic heterocycles. The fourth-order valence-corrected chi connectivity index (χ4v) is 2.77. The fraction of sp³-hybridized carbons (Fsp3) is 0.550. The molecule has 2 rings (SSSR count). The van der Waals surface area contributed by atoms with Crippen molar-refractivity contribution in [2.45, 2.75) is 59.5 Å². The number of hydrogen-bond donors (Lipinski definition) is 2. The number of nitrogens with zero attached hydrogens (tertiary/aromatic N) is 3. The Bertz CT molecular complexity index is 710. The van der Waals surface area contributed by atoms with E-state index in [9.17, 15) is 0 Å². The summed E-state index contributed by atoms with van der Waals surface area (Å²) < 4.78 is 10.9. The Balaban J connectivity index is 1.96. The lowest BCUT2D eigenvalue weighted by Gasteiger charge is -2.10. The zero-order chi connectivity index (χ0) is 19.5. The molecule has 0 unspecified atom stereocenters. The molecule has 0 spiro atoms. The van der Waals surface area contributed by atoms with Crippen LogP contribution in [0.1, 0.15) is 63.5 Å². The zero-order valence-electron chi connectivity index (χ0n) is 16.8. The van der Waals surface area contributed by atoms with E-state index in [1.165, 1.54) is 0 Å². The number of rotatable bonds is 10. The van der Waals surface area contributed by atoms with Gasteiger partial charge in [-0.2, -0.15) is 0 Å². The summed E-state index contributed by atoms with van der Waals surface area (Å²) in [4.78, 5) is 8.80. The highest BCUT2D eigenvalue weighted by atomic mass is 16.5. The number of hydrogen-bond acceptors (Lipinski definition) is 5.